The molecule has 1 amide bonds. The van der Waals surface area contributed by atoms with Crippen LogP contribution in [0.5, 0.6) is 0 Å². The van der Waals surface area contributed by atoms with Crippen LogP contribution in [0.4, 0.5) is 0 Å². The molecule has 2 saturated heterocycles. The molecule has 5 nitrogen and oxygen atoms in total. The molecule has 0 saturated carbocycles. The molecule has 0 spiro atoms. The summed E-state index contributed by atoms with van der Waals surface area (Å²) in [6, 6.07) is 5.14. The molecule has 1 N–H and O–H groups in total. The lowest BCUT2D eigenvalue weighted by Crippen LogP contribution is -2.58. The highest BCUT2D eigenvalue weighted by Gasteiger charge is 2.34. The Labute approximate surface area is 145 Å². The molecule has 0 radical (unpaired) electrons. The van der Waals surface area contributed by atoms with Crippen LogP contribution in [0, 0.1) is 0 Å². The van der Waals surface area contributed by atoms with E-state index in [0.29, 0.717) is 42.9 Å². The molecule has 2 aliphatic heterocycles. The summed E-state index contributed by atoms with van der Waals surface area (Å²) >= 11 is 12.0. The average molecular weight is 359 g/mol. The summed E-state index contributed by atoms with van der Waals surface area (Å²) in [6.07, 6.45) is -0.315. The van der Waals surface area contributed by atoms with Gasteiger partial charge in [-0.2, -0.15) is 0 Å². The fourth-order valence-corrected chi connectivity index (χ4v) is 3.28. The van der Waals surface area contributed by atoms with E-state index >= 15 is 0 Å². The summed E-state index contributed by atoms with van der Waals surface area (Å²) < 4.78 is 11.4. The van der Waals surface area contributed by atoms with Crippen molar-refractivity contribution in [3.05, 3.63) is 33.8 Å². The van der Waals surface area contributed by atoms with Crippen LogP contribution in [0.15, 0.2) is 18.2 Å². The van der Waals surface area contributed by atoms with Crippen molar-refractivity contribution in [1.82, 2.24) is 10.2 Å². The van der Waals surface area contributed by atoms with Gasteiger partial charge >= 0.3 is 0 Å². The quantitative estimate of drug-likeness (QED) is 0.880. The van der Waals surface area contributed by atoms with E-state index in [4.69, 9.17) is 32.7 Å². The second-order valence-corrected chi connectivity index (χ2v) is 6.64. The van der Waals surface area contributed by atoms with E-state index in [0.717, 1.165) is 5.56 Å². The van der Waals surface area contributed by atoms with E-state index < -0.39 is 0 Å². The number of halogens is 2. The molecule has 0 bridgehead atoms. The van der Waals surface area contributed by atoms with Crippen LogP contribution in [0.2, 0.25) is 10.0 Å². The fourth-order valence-electron chi connectivity index (χ4n) is 2.97. The first-order chi connectivity index (χ1) is 11.1. The first-order valence-corrected chi connectivity index (χ1v) is 8.52. The molecular formula is C16H20Cl2N2O3. The molecular weight excluding hydrogens is 339 g/mol. The van der Waals surface area contributed by atoms with Gasteiger partial charge in [-0.25, -0.2) is 0 Å². The summed E-state index contributed by atoms with van der Waals surface area (Å²) in [5.41, 5.74) is 0.929. The predicted molar refractivity (Wildman–Crippen MR) is 88.9 cm³/mol. The number of morpholine rings is 2. The molecule has 126 valence electrons. The zero-order valence-corrected chi connectivity index (χ0v) is 14.4. The Kier molecular flexibility index (Phi) is 5.44. The molecule has 3 rings (SSSR count). The smallest absolute Gasteiger partial charge is 0.242 e. The van der Waals surface area contributed by atoms with Crippen molar-refractivity contribution in [3.63, 3.8) is 0 Å². The van der Waals surface area contributed by atoms with Crippen molar-refractivity contribution in [2.45, 2.75) is 25.2 Å². The van der Waals surface area contributed by atoms with Crippen molar-refractivity contribution < 1.29 is 14.3 Å². The highest BCUT2D eigenvalue weighted by atomic mass is 35.5. The first-order valence-electron chi connectivity index (χ1n) is 7.76. The van der Waals surface area contributed by atoms with Crippen LogP contribution in [0.3, 0.4) is 0 Å². The predicted octanol–water partition coefficient (Wildman–Crippen LogP) is 2.27. The van der Waals surface area contributed by atoms with Crippen LogP contribution >= 0.6 is 23.2 Å². The third-order valence-corrected chi connectivity index (χ3v) is 5.02. The topological polar surface area (TPSA) is 50.8 Å². The number of hydrogen-bond acceptors (Lipinski definition) is 4. The lowest BCUT2D eigenvalue weighted by atomic mass is 10.1. The zero-order chi connectivity index (χ0) is 16.4. The Morgan fingerprint density at radius 1 is 1.26 bits per heavy atom. The number of amides is 1. The molecule has 23 heavy (non-hydrogen) atoms. The lowest BCUT2D eigenvalue weighted by Gasteiger charge is -2.38. The van der Waals surface area contributed by atoms with E-state index in [-0.39, 0.29) is 24.2 Å². The van der Waals surface area contributed by atoms with Gasteiger partial charge in [0.2, 0.25) is 5.91 Å². The molecule has 1 aromatic carbocycles. The molecule has 1 aromatic rings. The van der Waals surface area contributed by atoms with Gasteiger partial charge in [-0.05, 0) is 24.6 Å². The van der Waals surface area contributed by atoms with Gasteiger partial charge in [0.25, 0.3) is 0 Å². The zero-order valence-electron chi connectivity index (χ0n) is 12.9. The number of nitrogens with one attached hydrogen (secondary N) is 1. The van der Waals surface area contributed by atoms with Gasteiger partial charge in [0.05, 0.1) is 35.9 Å². The Hall–Kier alpha value is -0.850. The molecule has 0 aromatic heterocycles. The monoisotopic (exact) mass is 358 g/mol. The van der Waals surface area contributed by atoms with Crippen molar-refractivity contribution >= 4 is 29.1 Å². The van der Waals surface area contributed by atoms with Crippen molar-refractivity contribution in [1.29, 1.82) is 0 Å². The minimum atomic E-state index is -0.295. The van der Waals surface area contributed by atoms with Crippen LogP contribution in [0.25, 0.3) is 0 Å². The molecule has 2 fully saturated rings. The minimum absolute atomic E-state index is 0.0607. The Balaban J connectivity index is 1.70. The number of ether oxygens (including phenoxy) is 2. The number of carbonyl (C=O) groups is 1. The minimum Gasteiger partial charge on any atom is -0.375 e. The van der Waals surface area contributed by atoms with Gasteiger partial charge in [-0.15, -0.1) is 0 Å². The van der Waals surface area contributed by atoms with Gasteiger partial charge in [0.1, 0.15) is 12.1 Å². The van der Waals surface area contributed by atoms with Gasteiger partial charge < -0.3 is 19.7 Å². The molecule has 3 atom stereocenters. The van der Waals surface area contributed by atoms with Gasteiger partial charge in [0.15, 0.2) is 0 Å². The molecule has 7 heteroatoms. The maximum Gasteiger partial charge on any atom is 0.242 e. The van der Waals surface area contributed by atoms with Gasteiger partial charge in [-0.1, -0.05) is 29.3 Å². The van der Waals surface area contributed by atoms with E-state index in [2.05, 4.69) is 5.32 Å². The highest BCUT2D eigenvalue weighted by Crippen LogP contribution is 2.29. The second-order valence-electron chi connectivity index (χ2n) is 5.82. The third-order valence-electron chi connectivity index (χ3n) is 4.28. The van der Waals surface area contributed by atoms with Crippen LogP contribution in [-0.2, 0) is 14.3 Å². The van der Waals surface area contributed by atoms with Gasteiger partial charge in [0, 0.05) is 13.1 Å². The highest BCUT2D eigenvalue weighted by molar-refractivity contribution is 6.42. The summed E-state index contributed by atoms with van der Waals surface area (Å²) in [5, 5.41) is 4.24. The number of rotatable bonds is 2. The van der Waals surface area contributed by atoms with E-state index in [1.54, 1.807) is 12.1 Å². The lowest BCUT2D eigenvalue weighted by molar-refractivity contribution is -0.147. The number of carbonyl (C=O) groups excluding carboxylic acids is 1. The average Bonchev–Trinajstić information content (AvgIpc) is 2.57. The maximum atomic E-state index is 12.7. The Morgan fingerprint density at radius 3 is 2.83 bits per heavy atom. The van der Waals surface area contributed by atoms with E-state index in [1.807, 2.05) is 17.9 Å². The fraction of sp³-hybridized carbons (Fsp3) is 0.562. The maximum absolute atomic E-state index is 12.7. The van der Waals surface area contributed by atoms with E-state index in [9.17, 15) is 4.79 Å². The number of hydrogen-bond donors (Lipinski definition) is 1. The SMILES string of the molecule is C[C@H]1OCCN[C@@H]1C(=O)N1CCOC(c2ccc(Cl)c(Cl)c2)C1. The normalized spacial score (nSPS) is 28.7. The Bertz CT molecular complexity index is 584. The summed E-state index contributed by atoms with van der Waals surface area (Å²) in [5.74, 6) is 0.0607. The summed E-state index contributed by atoms with van der Waals surface area (Å²) in [4.78, 5) is 14.6. The van der Waals surface area contributed by atoms with Gasteiger partial charge in [-0.3, -0.25) is 4.79 Å². The second kappa shape index (κ2) is 7.36. The summed E-state index contributed by atoms with van der Waals surface area (Å²) in [7, 11) is 0. The van der Waals surface area contributed by atoms with Crippen molar-refractivity contribution in [3.8, 4) is 0 Å². The first kappa shape index (κ1) is 17.0. The van der Waals surface area contributed by atoms with Crippen molar-refractivity contribution in [2.24, 2.45) is 0 Å². The number of benzene rings is 1. The van der Waals surface area contributed by atoms with Crippen LogP contribution in [0.1, 0.15) is 18.6 Å². The molecule has 2 aliphatic rings. The van der Waals surface area contributed by atoms with Crippen LogP contribution < -0.4 is 5.32 Å². The standard InChI is InChI=1S/C16H20Cl2N2O3/c1-10-15(19-4-6-22-10)16(21)20-5-7-23-14(9-20)11-2-3-12(17)13(18)8-11/h2-3,8,10,14-15,19H,4-7,9H2,1H3/t10-,14?,15+/m1/s1. The van der Waals surface area contributed by atoms with Crippen molar-refractivity contribution in [2.75, 3.05) is 32.8 Å². The Morgan fingerprint density at radius 2 is 2.09 bits per heavy atom. The summed E-state index contributed by atoms with van der Waals surface area (Å²) in [6.45, 7) is 4.84. The molecule has 2 heterocycles. The third kappa shape index (κ3) is 3.80. The molecule has 0 aliphatic carbocycles. The number of nitrogens with zero attached hydrogens (tertiary/aromatic N) is 1. The van der Waals surface area contributed by atoms with Crippen LogP contribution in [-0.4, -0.2) is 55.8 Å². The van der Waals surface area contributed by atoms with E-state index in [1.165, 1.54) is 0 Å². The molecule has 1 unspecified atom stereocenters. The largest absolute Gasteiger partial charge is 0.375 e.